The molecule has 12 nitrogen and oxygen atoms in total. The van der Waals surface area contributed by atoms with E-state index < -0.39 is 59.9 Å². The number of carbonyl (C=O) groups excluding carboxylic acids is 1. The molecule has 0 aromatic rings. The zero-order valence-corrected chi connectivity index (χ0v) is 41.2. The van der Waals surface area contributed by atoms with Crippen LogP contribution in [0.15, 0.2) is 0 Å². The highest BCUT2D eigenvalue weighted by Crippen LogP contribution is 2.26. The first-order valence-corrected chi connectivity index (χ1v) is 27.8. The smallest absolute Gasteiger partial charge is 0.394 e. The molecule has 1 saturated heterocycles. The van der Waals surface area contributed by atoms with E-state index in [0.717, 1.165) is 51.4 Å². The molecule has 63 heavy (non-hydrogen) atoms. The second-order valence-corrected chi connectivity index (χ2v) is 19.9. The third-order valence-corrected chi connectivity index (χ3v) is 13.4. The summed E-state index contributed by atoms with van der Waals surface area (Å²) >= 11 is 0. The van der Waals surface area contributed by atoms with Gasteiger partial charge >= 0.3 is 10.4 Å². The Morgan fingerprint density at radius 1 is 0.571 bits per heavy atom. The Labute approximate surface area is 386 Å². The normalized spacial score (nSPS) is 20.3. The van der Waals surface area contributed by atoms with Crippen molar-refractivity contribution in [1.82, 2.24) is 5.32 Å². The number of rotatable bonds is 46. The zero-order valence-electron chi connectivity index (χ0n) is 40.4. The summed E-state index contributed by atoms with van der Waals surface area (Å²) in [6.07, 6.45) is 37.0. The van der Waals surface area contributed by atoms with Gasteiger partial charge in [-0.25, -0.2) is 4.18 Å². The standard InChI is InChI=1S/C50H99NO11S/c1-3-5-7-9-11-13-15-16-17-18-19-20-21-22-23-24-25-26-27-28-29-30-32-34-36-38-40-46(54)51-43(44(53)39-37-35-33-31-14-12-10-8-6-4-2)42-60-50-48(56)49(62-63(57,58)59)47(55)45(41-52)61-50/h43-45,47-50,52-53,55-56H,3-42H2,1-2H3,(H,51,54)(H,57,58,59). The van der Waals surface area contributed by atoms with Crippen molar-refractivity contribution in [3.63, 3.8) is 0 Å². The minimum atomic E-state index is -5.07. The van der Waals surface area contributed by atoms with Crippen molar-refractivity contribution in [1.29, 1.82) is 0 Å². The molecule has 1 fully saturated rings. The number of amides is 1. The molecule has 1 heterocycles. The van der Waals surface area contributed by atoms with Crippen LogP contribution in [0.4, 0.5) is 0 Å². The van der Waals surface area contributed by atoms with Crippen LogP contribution in [-0.2, 0) is 28.9 Å². The number of hydrogen-bond acceptors (Lipinski definition) is 10. The monoisotopic (exact) mass is 922 g/mol. The minimum Gasteiger partial charge on any atom is -0.394 e. The summed E-state index contributed by atoms with van der Waals surface area (Å²) in [4.78, 5) is 13.1. The number of aliphatic hydroxyl groups excluding tert-OH is 4. The maximum atomic E-state index is 13.1. The van der Waals surface area contributed by atoms with Crippen molar-refractivity contribution in [2.75, 3.05) is 13.2 Å². The molecule has 6 N–H and O–H groups in total. The molecular formula is C50H99NO11S. The summed E-state index contributed by atoms with van der Waals surface area (Å²) < 4.78 is 47.7. The van der Waals surface area contributed by atoms with Crippen molar-refractivity contribution >= 4 is 16.3 Å². The van der Waals surface area contributed by atoms with E-state index in [1.54, 1.807) is 0 Å². The van der Waals surface area contributed by atoms with Gasteiger partial charge in [0.25, 0.3) is 0 Å². The summed E-state index contributed by atoms with van der Waals surface area (Å²) in [6.45, 7) is 3.45. The van der Waals surface area contributed by atoms with Crippen LogP contribution in [0.2, 0.25) is 0 Å². The fraction of sp³-hybridized carbons (Fsp3) is 0.980. The van der Waals surface area contributed by atoms with E-state index in [0.29, 0.717) is 12.8 Å². The lowest BCUT2D eigenvalue weighted by molar-refractivity contribution is -0.298. The molecule has 376 valence electrons. The van der Waals surface area contributed by atoms with Gasteiger partial charge in [-0.1, -0.05) is 239 Å². The lowest BCUT2D eigenvalue weighted by atomic mass is 9.99. The molecule has 0 saturated carbocycles. The van der Waals surface area contributed by atoms with E-state index in [9.17, 15) is 38.2 Å². The van der Waals surface area contributed by atoms with Gasteiger partial charge in [-0.2, -0.15) is 8.42 Å². The highest BCUT2D eigenvalue weighted by molar-refractivity contribution is 7.80. The maximum Gasteiger partial charge on any atom is 0.397 e. The first kappa shape index (κ1) is 60.1. The van der Waals surface area contributed by atoms with Gasteiger partial charge in [0.05, 0.1) is 25.4 Å². The first-order chi connectivity index (χ1) is 30.5. The lowest BCUT2D eigenvalue weighted by Gasteiger charge is -2.41. The van der Waals surface area contributed by atoms with Crippen molar-refractivity contribution in [3.8, 4) is 0 Å². The minimum absolute atomic E-state index is 0.226. The number of ether oxygens (including phenoxy) is 2. The third-order valence-electron chi connectivity index (χ3n) is 12.9. The van der Waals surface area contributed by atoms with Crippen molar-refractivity contribution < 1.29 is 51.8 Å². The molecule has 7 atom stereocenters. The van der Waals surface area contributed by atoms with Gasteiger partial charge in [-0.3, -0.25) is 9.35 Å². The number of nitrogens with one attached hydrogen (secondary N) is 1. The van der Waals surface area contributed by atoms with Crippen molar-refractivity contribution in [3.05, 3.63) is 0 Å². The predicted molar refractivity (Wildman–Crippen MR) is 255 cm³/mol. The summed E-state index contributed by atoms with van der Waals surface area (Å²) in [7, 11) is -5.07. The van der Waals surface area contributed by atoms with Gasteiger partial charge in [0.2, 0.25) is 5.91 Å². The van der Waals surface area contributed by atoms with E-state index >= 15 is 0 Å². The van der Waals surface area contributed by atoms with Crippen molar-refractivity contribution in [2.45, 2.75) is 301 Å². The third kappa shape index (κ3) is 34.1. The fourth-order valence-corrected chi connectivity index (χ4v) is 9.32. The molecule has 1 aliphatic rings. The molecule has 7 unspecified atom stereocenters. The summed E-state index contributed by atoms with van der Waals surface area (Å²) in [5, 5.41) is 44.8. The number of carbonyl (C=O) groups is 1. The van der Waals surface area contributed by atoms with E-state index in [2.05, 4.69) is 23.3 Å². The Bertz CT molecular complexity index is 1130. The van der Waals surface area contributed by atoms with E-state index in [1.807, 2.05) is 0 Å². The van der Waals surface area contributed by atoms with Crippen LogP contribution in [0.25, 0.3) is 0 Å². The summed E-state index contributed by atoms with van der Waals surface area (Å²) in [6, 6.07) is -0.851. The van der Waals surface area contributed by atoms with Gasteiger partial charge in [-0.15, -0.1) is 0 Å². The second kappa shape index (κ2) is 41.3. The van der Waals surface area contributed by atoms with Gasteiger partial charge in [0.1, 0.15) is 24.4 Å². The Morgan fingerprint density at radius 2 is 0.921 bits per heavy atom. The van der Waals surface area contributed by atoms with Crippen LogP contribution in [0, 0.1) is 0 Å². The molecule has 1 rings (SSSR count). The number of hydrogen-bond donors (Lipinski definition) is 6. The molecule has 0 aromatic heterocycles. The van der Waals surface area contributed by atoms with Gasteiger partial charge in [0, 0.05) is 6.42 Å². The van der Waals surface area contributed by atoms with E-state index in [-0.39, 0.29) is 12.5 Å². The fourth-order valence-electron chi connectivity index (χ4n) is 8.81. The van der Waals surface area contributed by atoms with Crippen molar-refractivity contribution in [2.24, 2.45) is 0 Å². The van der Waals surface area contributed by atoms with Crippen LogP contribution in [-0.4, -0.2) is 95.4 Å². The average molecular weight is 922 g/mol. The highest BCUT2D eigenvalue weighted by atomic mass is 32.3. The van der Waals surface area contributed by atoms with Gasteiger partial charge in [-0.05, 0) is 12.8 Å². The predicted octanol–water partition coefficient (Wildman–Crippen LogP) is 11.3. The van der Waals surface area contributed by atoms with E-state index in [4.69, 9.17) is 9.47 Å². The molecule has 0 spiro atoms. The Kier molecular flexibility index (Phi) is 39.4. The average Bonchev–Trinajstić information content (AvgIpc) is 3.25. The Hall–Kier alpha value is -0.900. The van der Waals surface area contributed by atoms with Crippen LogP contribution < -0.4 is 5.32 Å². The molecular weight excluding hydrogens is 823 g/mol. The second-order valence-electron chi connectivity index (χ2n) is 18.8. The van der Waals surface area contributed by atoms with Gasteiger partial charge in [0.15, 0.2) is 6.29 Å². The number of unbranched alkanes of at least 4 members (excludes halogenated alkanes) is 34. The van der Waals surface area contributed by atoms with Gasteiger partial charge < -0.3 is 35.2 Å². The molecule has 0 aromatic carbocycles. The quantitative estimate of drug-likeness (QED) is 0.0251. The summed E-state index contributed by atoms with van der Waals surface area (Å²) in [5.41, 5.74) is 0. The lowest BCUT2D eigenvalue weighted by Crippen LogP contribution is -2.61. The van der Waals surface area contributed by atoms with Crippen LogP contribution in [0.5, 0.6) is 0 Å². The Morgan fingerprint density at radius 3 is 1.27 bits per heavy atom. The van der Waals surface area contributed by atoms with Crippen LogP contribution in [0.1, 0.15) is 258 Å². The first-order valence-electron chi connectivity index (χ1n) is 26.4. The molecule has 1 aliphatic heterocycles. The molecule has 0 aliphatic carbocycles. The maximum absolute atomic E-state index is 13.1. The largest absolute Gasteiger partial charge is 0.397 e. The SMILES string of the molecule is CCCCCCCCCCCCCCCCCCCCCCCCCCCCC(=O)NC(COC1OC(CO)C(O)C(OS(=O)(=O)O)C1O)C(O)CCCCCCCCCCCC. The molecule has 0 bridgehead atoms. The van der Waals surface area contributed by atoms with Crippen LogP contribution >= 0.6 is 0 Å². The molecule has 13 heteroatoms. The zero-order chi connectivity index (χ0) is 46.2. The van der Waals surface area contributed by atoms with Crippen LogP contribution in [0.3, 0.4) is 0 Å². The topological polar surface area (TPSA) is 192 Å². The number of aliphatic hydroxyl groups is 4. The highest BCUT2D eigenvalue weighted by Gasteiger charge is 2.48. The Balaban J connectivity index is 2.27. The molecule has 1 amide bonds. The summed E-state index contributed by atoms with van der Waals surface area (Å²) in [5.74, 6) is -0.226. The van der Waals surface area contributed by atoms with E-state index in [1.165, 1.54) is 180 Å². The molecule has 0 radical (unpaired) electrons.